The second kappa shape index (κ2) is 10.2. The number of aromatic nitrogens is 1. The Hall–Kier alpha value is -2.40. The van der Waals surface area contributed by atoms with E-state index in [1.165, 1.54) is 15.0 Å². The van der Waals surface area contributed by atoms with Crippen LogP contribution in [-0.4, -0.2) is 22.7 Å². The Balaban J connectivity index is 1.69. The molecule has 1 aromatic carbocycles. The van der Waals surface area contributed by atoms with E-state index in [4.69, 9.17) is 9.47 Å². The molecule has 0 saturated heterocycles. The molecule has 0 saturated carbocycles. The van der Waals surface area contributed by atoms with Crippen LogP contribution in [-0.2, 0) is 9.53 Å². The van der Waals surface area contributed by atoms with Crippen molar-refractivity contribution in [3.05, 3.63) is 48.8 Å². The molecule has 0 amide bonds. The zero-order valence-corrected chi connectivity index (χ0v) is 24.5. The van der Waals surface area contributed by atoms with E-state index in [-0.39, 0.29) is 22.9 Å². The summed E-state index contributed by atoms with van der Waals surface area (Å²) in [5.74, 6) is 0.689. The van der Waals surface area contributed by atoms with E-state index >= 15 is 0 Å². The van der Waals surface area contributed by atoms with Crippen molar-refractivity contribution in [2.75, 3.05) is 0 Å². The van der Waals surface area contributed by atoms with Gasteiger partial charge in [-0.05, 0) is 80.7 Å². The number of ether oxygens (including phenoxy) is 2. The van der Waals surface area contributed by atoms with Gasteiger partial charge in [0.15, 0.2) is 0 Å². The molecule has 0 N–H and O–H groups in total. The van der Waals surface area contributed by atoms with Crippen molar-refractivity contribution in [1.82, 2.24) is 4.98 Å². The summed E-state index contributed by atoms with van der Waals surface area (Å²) >= 11 is 1.73. The minimum absolute atomic E-state index is 0.0128. The van der Waals surface area contributed by atoms with Crippen LogP contribution in [0.3, 0.4) is 0 Å². The molecule has 0 bridgehead atoms. The Labute approximate surface area is 221 Å². The predicted octanol–water partition coefficient (Wildman–Crippen LogP) is 8.93. The van der Waals surface area contributed by atoms with Gasteiger partial charge in [0, 0.05) is 34.0 Å². The van der Waals surface area contributed by atoms with Crippen molar-refractivity contribution in [1.29, 1.82) is 0 Å². The first kappa shape index (κ1) is 28.2. The number of thiophene rings is 1. The minimum atomic E-state index is -0.651. The van der Waals surface area contributed by atoms with Crippen LogP contribution in [0.4, 0.5) is 0 Å². The number of fused-ring (bicyclic) bond motifs is 1. The molecule has 5 heteroatoms. The van der Waals surface area contributed by atoms with Crippen LogP contribution in [0.1, 0.15) is 82.1 Å². The summed E-state index contributed by atoms with van der Waals surface area (Å²) in [5, 5.41) is 1.19. The Morgan fingerprint density at radius 2 is 1.69 bits per heavy atom. The lowest BCUT2D eigenvalue weighted by Crippen LogP contribution is -2.47. The highest BCUT2D eigenvalue weighted by Gasteiger charge is 2.49. The summed E-state index contributed by atoms with van der Waals surface area (Å²) in [6, 6.07) is 12.4. The van der Waals surface area contributed by atoms with Crippen LogP contribution in [0.25, 0.3) is 20.5 Å². The zero-order chi connectivity index (χ0) is 26.9. The first-order chi connectivity index (χ1) is 16.5. The van der Waals surface area contributed by atoms with Gasteiger partial charge in [0.05, 0.1) is 11.5 Å². The second-order valence-corrected chi connectivity index (χ2v) is 14.2. The van der Waals surface area contributed by atoms with Gasteiger partial charge in [0.1, 0.15) is 11.4 Å². The molecule has 0 aliphatic carbocycles. The van der Waals surface area contributed by atoms with Gasteiger partial charge in [0.25, 0.3) is 0 Å². The van der Waals surface area contributed by atoms with Crippen molar-refractivity contribution in [2.45, 2.75) is 93.8 Å². The van der Waals surface area contributed by atoms with E-state index in [9.17, 15) is 4.79 Å². The van der Waals surface area contributed by atoms with E-state index in [2.05, 4.69) is 70.8 Å². The molecule has 0 radical (unpaired) electrons. The average molecular weight is 510 g/mol. The second-order valence-electron chi connectivity index (χ2n) is 13.2. The third-order valence-electron chi connectivity index (χ3n) is 6.91. The lowest BCUT2D eigenvalue weighted by atomic mass is 9.61. The maximum atomic E-state index is 13.5. The third kappa shape index (κ3) is 6.88. The van der Waals surface area contributed by atoms with Crippen molar-refractivity contribution < 1.29 is 14.3 Å². The minimum Gasteiger partial charge on any atom is -0.491 e. The molecular weight excluding hydrogens is 466 g/mol. The molecule has 3 aromatic rings. The average Bonchev–Trinajstić information content (AvgIpc) is 3.15. The summed E-state index contributed by atoms with van der Waals surface area (Å²) in [4.78, 5) is 19.0. The molecule has 0 aliphatic heterocycles. The predicted molar refractivity (Wildman–Crippen MR) is 152 cm³/mol. The standard InChI is InChI=1S/C31H43NO3S/c1-21(18-30(8,9)35-27(33)31(10,29(5,6)7)20-28(2,3)4)34-24-14-13-22-16-25(36-26(22)17-24)23-12-11-15-32-19-23/h11-17,19,21H,18,20H2,1-10H3. The Kier molecular flexibility index (Phi) is 7.95. The molecular formula is C31H43NO3S. The lowest BCUT2D eigenvalue weighted by Gasteiger charge is -2.45. The molecule has 3 rings (SSSR count). The number of pyridine rings is 1. The SMILES string of the molecule is CC(CC(C)(C)OC(=O)C(C)(CC(C)(C)C)C(C)(C)C)Oc1ccc2cc(-c3cccnc3)sc2c1. The number of esters is 1. The van der Waals surface area contributed by atoms with Crippen LogP contribution in [0.5, 0.6) is 5.75 Å². The van der Waals surface area contributed by atoms with Crippen molar-refractivity contribution >= 4 is 27.4 Å². The van der Waals surface area contributed by atoms with Gasteiger partial charge in [-0.15, -0.1) is 11.3 Å². The number of carbonyl (C=O) groups is 1. The van der Waals surface area contributed by atoms with E-state index in [0.717, 1.165) is 17.7 Å². The van der Waals surface area contributed by atoms with Crippen LogP contribution in [0, 0.1) is 16.2 Å². The smallest absolute Gasteiger partial charge is 0.312 e. The molecule has 4 nitrogen and oxygen atoms in total. The summed E-state index contributed by atoms with van der Waals surface area (Å²) in [6.07, 6.45) is 4.91. The first-order valence-electron chi connectivity index (χ1n) is 12.8. The molecule has 2 unspecified atom stereocenters. The fourth-order valence-electron chi connectivity index (χ4n) is 4.81. The molecule has 36 heavy (non-hydrogen) atoms. The van der Waals surface area contributed by atoms with Crippen LogP contribution < -0.4 is 4.74 Å². The number of hydrogen-bond acceptors (Lipinski definition) is 5. The molecule has 0 fully saturated rings. The first-order valence-corrected chi connectivity index (χ1v) is 13.6. The molecule has 2 aromatic heterocycles. The topological polar surface area (TPSA) is 48.4 Å². The van der Waals surface area contributed by atoms with Gasteiger partial charge < -0.3 is 9.47 Å². The van der Waals surface area contributed by atoms with Gasteiger partial charge in [-0.1, -0.05) is 47.6 Å². The number of carbonyl (C=O) groups excluding carboxylic acids is 1. The number of nitrogens with zero attached hydrogens (tertiary/aromatic N) is 1. The zero-order valence-electron chi connectivity index (χ0n) is 23.7. The van der Waals surface area contributed by atoms with E-state index in [1.807, 2.05) is 46.0 Å². The number of benzene rings is 1. The van der Waals surface area contributed by atoms with Crippen molar-refractivity contribution in [3.8, 4) is 16.2 Å². The van der Waals surface area contributed by atoms with Gasteiger partial charge in [-0.3, -0.25) is 9.78 Å². The van der Waals surface area contributed by atoms with Crippen LogP contribution in [0.2, 0.25) is 0 Å². The molecule has 0 spiro atoms. The maximum absolute atomic E-state index is 13.5. The molecule has 2 atom stereocenters. The maximum Gasteiger partial charge on any atom is 0.312 e. The summed E-state index contributed by atoms with van der Waals surface area (Å²) in [5.41, 5.74) is -0.337. The Morgan fingerprint density at radius 1 is 1.00 bits per heavy atom. The fourth-order valence-corrected chi connectivity index (χ4v) is 5.89. The molecule has 196 valence electrons. The van der Waals surface area contributed by atoms with E-state index < -0.39 is 11.0 Å². The normalized spacial score (nSPS) is 15.4. The largest absolute Gasteiger partial charge is 0.491 e. The van der Waals surface area contributed by atoms with Crippen molar-refractivity contribution in [3.63, 3.8) is 0 Å². The highest BCUT2D eigenvalue weighted by molar-refractivity contribution is 7.22. The van der Waals surface area contributed by atoms with E-state index in [0.29, 0.717) is 6.42 Å². The van der Waals surface area contributed by atoms with Crippen LogP contribution >= 0.6 is 11.3 Å². The number of hydrogen-bond donors (Lipinski definition) is 0. The van der Waals surface area contributed by atoms with Crippen LogP contribution in [0.15, 0.2) is 48.8 Å². The van der Waals surface area contributed by atoms with E-state index in [1.54, 1.807) is 17.5 Å². The fraction of sp³-hybridized carbons (Fsp3) is 0.548. The van der Waals surface area contributed by atoms with Gasteiger partial charge in [0.2, 0.25) is 0 Å². The van der Waals surface area contributed by atoms with Gasteiger partial charge >= 0.3 is 5.97 Å². The summed E-state index contributed by atoms with van der Waals surface area (Å²) < 4.78 is 13.6. The van der Waals surface area contributed by atoms with Crippen molar-refractivity contribution in [2.24, 2.45) is 16.2 Å². The summed E-state index contributed by atoms with van der Waals surface area (Å²) in [6.45, 7) is 20.9. The lowest BCUT2D eigenvalue weighted by molar-refractivity contribution is -0.180. The third-order valence-corrected chi connectivity index (χ3v) is 8.06. The van der Waals surface area contributed by atoms with Gasteiger partial charge in [-0.25, -0.2) is 0 Å². The highest BCUT2D eigenvalue weighted by Crippen LogP contribution is 2.48. The monoisotopic (exact) mass is 509 g/mol. The number of rotatable bonds is 8. The summed E-state index contributed by atoms with van der Waals surface area (Å²) in [7, 11) is 0. The molecule has 0 aliphatic rings. The molecule has 2 heterocycles. The highest BCUT2D eigenvalue weighted by atomic mass is 32.1. The Bertz CT molecular complexity index is 1180. The quantitative estimate of drug-likeness (QED) is 0.284. The Morgan fingerprint density at radius 3 is 2.28 bits per heavy atom. The van der Waals surface area contributed by atoms with Gasteiger partial charge in [-0.2, -0.15) is 0 Å².